The highest BCUT2D eigenvalue weighted by Crippen LogP contribution is 2.16. The molecule has 16 nitrogen and oxygen atoms in total. The SMILES string of the molecule is CCCCC/C=C\C/C=C\CCCCCCCC(=O)OCC(O)CN1CCCN(CC(O)COC(=O)CCCCCCC/C=C\C/C=C\CCCCC)CCN(CC(O)COC(=O)CCCCCCC/C=C\C/C=C\CCCCC)CCCN(CC(O)COC(=O)CCCCCCC/C=C\C/C=C\CCCCC)CC1. The Bertz CT molecular complexity index is 2020. The zero-order valence-corrected chi connectivity index (χ0v) is 71.1. The first-order valence-corrected chi connectivity index (χ1v) is 45.3. The van der Waals surface area contributed by atoms with Crippen molar-refractivity contribution in [1.82, 2.24) is 19.6 Å². The molecule has 0 aromatic carbocycles. The van der Waals surface area contributed by atoms with Crippen LogP contribution in [0, 0.1) is 0 Å². The van der Waals surface area contributed by atoms with Crippen molar-refractivity contribution in [2.24, 2.45) is 0 Å². The summed E-state index contributed by atoms with van der Waals surface area (Å²) in [6, 6.07) is 0. The first kappa shape index (κ1) is 103. The number of aliphatic hydroxyl groups excluding tert-OH is 4. The summed E-state index contributed by atoms with van der Waals surface area (Å²) in [7, 11) is 0. The van der Waals surface area contributed by atoms with E-state index in [0.717, 1.165) is 205 Å². The highest BCUT2D eigenvalue weighted by molar-refractivity contribution is 5.70. The van der Waals surface area contributed by atoms with Crippen LogP contribution >= 0.6 is 0 Å². The molecule has 0 spiro atoms. The van der Waals surface area contributed by atoms with Crippen LogP contribution < -0.4 is 0 Å². The van der Waals surface area contributed by atoms with Crippen molar-refractivity contribution in [2.45, 2.75) is 373 Å². The first-order chi connectivity index (χ1) is 53.9. The number of β-amino-alcohol motifs (C(OH)–C–C–N with tert-alkyl or cyclic N) is 4. The number of ether oxygens (including phenoxy) is 4. The molecule has 0 radical (unpaired) electrons. The molecule has 1 aliphatic rings. The van der Waals surface area contributed by atoms with Gasteiger partial charge in [0.15, 0.2) is 0 Å². The van der Waals surface area contributed by atoms with Crippen molar-refractivity contribution in [3.63, 3.8) is 0 Å². The van der Waals surface area contributed by atoms with Gasteiger partial charge in [-0.3, -0.25) is 38.8 Å². The van der Waals surface area contributed by atoms with E-state index < -0.39 is 24.4 Å². The van der Waals surface area contributed by atoms with Gasteiger partial charge in [-0.05, 0) is 193 Å². The summed E-state index contributed by atoms with van der Waals surface area (Å²) in [4.78, 5) is 60.6. The minimum Gasteiger partial charge on any atom is -0.463 e. The molecule has 0 bridgehead atoms. The van der Waals surface area contributed by atoms with Crippen molar-refractivity contribution in [3.05, 3.63) is 97.2 Å². The van der Waals surface area contributed by atoms with Crippen LogP contribution in [0.15, 0.2) is 97.2 Å². The molecule has 4 unspecified atom stereocenters. The van der Waals surface area contributed by atoms with E-state index in [1.165, 1.54) is 77.0 Å². The molecule has 16 heteroatoms. The minimum absolute atomic E-state index is 0.122. The van der Waals surface area contributed by atoms with Gasteiger partial charge in [0.2, 0.25) is 0 Å². The quantitative estimate of drug-likeness (QED) is 0.0194. The zero-order chi connectivity index (χ0) is 79.7. The Morgan fingerprint density at radius 3 is 0.609 bits per heavy atom. The van der Waals surface area contributed by atoms with Gasteiger partial charge in [0, 0.05) is 78.0 Å². The normalized spacial score (nSPS) is 15.8. The van der Waals surface area contributed by atoms with Gasteiger partial charge < -0.3 is 39.4 Å². The van der Waals surface area contributed by atoms with E-state index in [1.807, 2.05) is 0 Å². The molecule has 1 rings (SSSR count). The number of allylic oxidation sites excluding steroid dienone is 16. The van der Waals surface area contributed by atoms with Crippen molar-refractivity contribution in [1.29, 1.82) is 0 Å². The molecule has 110 heavy (non-hydrogen) atoms. The Kier molecular flexibility index (Phi) is 76.3. The second-order valence-electron chi connectivity index (χ2n) is 31.2. The molecule has 4 atom stereocenters. The summed E-state index contributed by atoms with van der Waals surface area (Å²) in [5.41, 5.74) is 0. The Morgan fingerprint density at radius 1 is 0.245 bits per heavy atom. The van der Waals surface area contributed by atoms with Crippen LogP contribution in [-0.2, 0) is 38.1 Å². The summed E-state index contributed by atoms with van der Waals surface area (Å²) in [6.07, 6.45) is 83.2. The van der Waals surface area contributed by atoms with Gasteiger partial charge in [0.1, 0.15) is 50.8 Å². The van der Waals surface area contributed by atoms with E-state index in [1.54, 1.807) is 0 Å². The van der Waals surface area contributed by atoms with Crippen molar-refractivity contribution < 1.29 is 58.6 Å². The molecule has 0 aromatic heterocycles. The average Bonchev–Trinajstić information content (AvgIpc) is 0.908. The van der Waals surface area contributed by atoms with Gasteiger partial charge in [-0.15, -0.1) is 0 Å². The maximum atomic E-state index is 13.0. The highest BCUT2D eigenvalue weighted by atomic mass is 16.6. The predicted octanol–water partition coefficient (Wildman–Crippen LogP) is 20.9. The van der Waals surface area contributed by atoms with E-state index in [4.69, 9.17) is 18.9 Å². The molecular weight excluding hydrogens is 1380 g/mol. The third kappa shape index (κ3) is 73.6. The molecule has 1 heterocycles. The van der Waals surface area contributed by atoms with Crippen LogP contribution in [0.2, 0.25) is 0 Å². The van der Waals surface area contributed by atoms with Crippen LogP contribution in [-0.4, -0.2) is 193 Å². The molecule has 0 aliphatic carbocycles. The number of nitrogens with zero attached hydrogens (tertiary/aromatic N) is 4. The van der Waals surface area contributed by atoms with Crippen molar-refractivity contribution in [2.75, 3.05) is 105 Å². The molecule has 1 aliphatic heterocycles. The fraction of sp³-hybridized carbons (Fsp3) is 0.787. The molecule has 1 fully saturated rings. The van der Waals surface area contributed by atoms with E-state index >= 15 is 0 Å². The van der Waals surface area contributed by atoms with E-state index in [9.17, 15) is 39.6 Å². The number of hydrogen-bond acceptors (Lipinski definition) is 16. The van der Waals surface area contributed by atoms with Gasteiger partial charge >= 0.3 is 23.9 Å². The lowest BCUT2D eigenvalue weighted by molar-refractivity contribution is -0.148. The second-order valence-corrected chi connectivity index (χ2v) is 31.2. The fourth-order valence-electron chi connectivity index (χ4n) is 13.6. The molecule has 0 aromatic rings. The Hall–Kier alpha value is -4.52. The van der Waals surface area contributed by atoms with Crippen LogP contribution in [0.1, 0.15) is 349 Å². The van der Waals surface area contributed by atoms with Gasteiger partial charge in [-0.25, -0.2) is 0 Å². The lowest BCUT2D eigenvalue weighted by atomic mass is 10.1. The van der Waals surface area contributed by atoms with Gasteiger partial charge in [-0.1, -0.05) is 253 Å². The Morgan fingerprint density at radius 2 is 0.418 bits per heavy atom. The molecule has 1 saturated heterocycles. The maximum absolute atomic E-state index is 13.0. The lowest BCUT2D eigenvalue weighted by Gasteiger charge is -2.34. The number of hydrogen-bond donors (Lipinski definition) is 4. The molecule has 4 N–H and O–H groups in total. The molecular formula is C94H168N4O12. The number of carbonyl (C=O) groups excluding carboxylic acids is 4. The van der Waals surface area contributed by atoms with Crippen LogP contribution in [0.25, 0.3) is 0 Å². The largest absolute Gasteiger partial charge is 0.463 e. The van der Waals surface area contributed by atoms with Gasteiger partial charge in [-0.2, -0.15) is 0 Å². The van der Waals surface area contributed by atoms with Gasteiger partial charge in [0.05, 0.1) is 0 Å². The van der Waals surface area contributed by atoms with Gasteiger partial charge in [0.25, 0.3) is 0 Å². The molecule has 0 saturated carbocycles. The topological polar surface area (TPSA) is 199 Å². The predicted molar refractivity (Wildman–Crippen MR) is 460 cm³/mol. The lowest BCUT2D eigenvalue weighted by Crippen LogP contribution is -2.47. The number of aliphatic hydroxyl groups is 4. The smallest absolute Gasteiger partial charge is 0.305 e. The van der Waals surface area contributed by atoms with Crippen LogP contribution in [0.4, 0.5) is 0 Å². The Balaban J connectivity index is 3.10. The van der Waals surface area contributed by atoms with E-state index in [2.05, 4.69) is 145 Å². The summed E-state index contributed by atoms with van der Waals surface area (Å²) in [6.45, 7) is 13.8. The van der Waals surface area contributed by atoms with Crippen molar-refractivity contribution >= 4 is 23.9 Å². The third-order valence-corrected chi connectivity index (χ3v) is 20.3. The maximum Gasteiger partial charge on any atom is 0.305 e. The number of esters is 4. The molecule has 0 amide bonds. The Labute approximate surface area is 673 Å². The summed E-state index contributed by atoms with van der Waals surface area (Å²) < 4.78 is 22.7. The number of rotatable bonds is 72. The first-order valence-electron chi connectivity index (χ1n) is 45.3. The summed E-state index contributed by atoms with van der Waals surface area (Å²) in [5.74, 6) is -1.24. The minimum atomic E-state index is -0.942. The number of carbonyl (C=O) groups is 4. The molecule has 636 valence electrons. The average molecular weight is 1550 g/mol. The number of unbranched alkanes of at least 4 members (excludes halogenated alkanes) is 32. The summed E-state index contributed by atoms with van der Waals surface area (Å²) in [5, 5.41) is 46.0. The van der Waals surface area contributed by atoms with Crippen molar-refractivity contribution in [3.8, 4) is 0 Å². The third-order valence-electron chi connectivity index (χ3n) is 20.3. The highest BCUT2D eigenvalue weighted by Gasteiger charge is 2.23. The summed E-state index contributed by atoms with van der Waals surface area (Å²) >= 11 is 0. The van der Waals surface area contributed by atoms with E-state index in [-0.39, 0.29) is 76.5 Å². The van der Waals surface area contributed by atoms with Crippen LogP contribution in [0.3, 0.4) is 0 Å². The monoisotopic (exact) mass is 1550 g/mol. The van der Waals surface area contributed by atoms with E-state index in [0.29, 0.717) is 90.9 Å². The van der Waals surface area contributed by atoms with Crippen LogP contribution in [0.5, 0.6) is 0 Å². The standard InChI is InChI=1S/C94H168N4O12/c1-5-9-13-17-21-25-29-33-37-41-45-49-53-57-61-67-91(103)107-83-87(99)79-95-71-65-72-97(81-89(101)85-109-93(105)69-63-59-55-51-47-43-39-35-31-27-23-19-15-11-7-3)77-78-98(82-90(102)86-110-94(106)70-64-60-56-52-48-44-40-36-32-28-24-20-16-12-8-4)74-66-73-96(76-75-95)80-88(100)84-108-92(104)68-62-58-54-50-46-42-38-34-30-26-22-18-14-10-6-2/h21-28,33-40,87-90,99-102H,5-20,29-32,41-86H2,1-4H3/b25-21-,26-22-,27-23-,28-24-,37-33-,38-34-,39-35-,40-36-. The fourth-order valence-corrected chi connectivity index (χ4v) is 13.6. The second kappa shape index (κ2) is 81.1. The zero-order valence-electron chi connectivity index (χ0n) is 71.1.